The monoisotopic (exact) mass is 485 g/mol. The van der Waals surface area contributed by atoms with E-state index in [-0.39, 0.29) is 47.7 Å². The van der Waals surface area contributed by atoms with Gasteiger partial charge in [-0.15, -0.1) is 0 Å². The Balaban J connectivity index is 2.15. The highest BCUT2D eigenvalue weighted by Crippen LogP contribution is 2.32. The number of hydrogen-bond donors (Lipinski definition) is 1. The van der Waals surface area contributed by atoms with Gasteiger partial charge >= 0.3 is 6.18 Å². The van der Waals surface area contributed by atoms with Crippen molar-refractivity contribution in [2.75, 3.05) is 19.8 Å². The Morgan fingerprint density at radius 1 is 1.21 bits per heavy atom. The van der Waals surface area contributed by atoms with E-state index in [1.807, 2.05) is 27.7 Å². The van der Waals surface area contributed by atoms with Gasteiger partial charge in [-0.1, -0.05) is 32.0 Å². The Labute approximate surface area is 198 Å². The topological polar surface area (TPSA) is 77.4 Å². The molecular formula is C25H34F3NO5. The van der Waals surface area contributed by atoms with Crippen molar-refractivity contribution in [2.45, 2.75) is 65.7 Å². The molecule has 1 aliphatic rings. The number of Topliss-reactive ketones (excluding diaryl/α,β-unsaturated/α-hetero) is 1. The van der Waals surface area contributed by atoms with E-state index in [0.29, 0.717) is 38.2 Å². The van der Waals surface area contributed by atoms with E-state index in [2.05, 4.69) is 5.16 Å². The van der Waals surface area contributed by atoms with Gasteiger partial charge in [0.2, 0.25) is 0 Å². The Morgan fingerprint density at radius 3 is 2.53 bits per heavy atom. The lowest BCUT2D eigenvalue weighted by Gasteiger charge is -2.26. The zero-order valence-corrected chi connectivity index (χ0v) is 20.2. The number of halogens is 3. The summed E-state index contributed by atoms with van der Waals surface area (Å²) >= 11 is 0. The van der Waals surface area contributed by atoms with Gasteiger partial charge in [-0.05, 0) is 43.9 Å². The molecule has 1 aromatic carbocycles. The van der Waals surface area contributed by atoms with Gasteiger partial charge in [0.05, 0.1) is 23.5 Å². The van der Waals surface area contributed by atoms with Gasteiger partial charge < -0.3 is 19.4 Å². The SMILES string of the molecule is CCOCC1CC(=O)C(C(=NOC(CC)COc2cccc(C(F)(F)F)c2)C(C)CC)=C(O)C1. The first-order chi connectivity index (χ1) is 16.1. The number of ether oxygens (including phenoxy) is 2. The maximum absolute atomic E-state index is 12.9. The van der Waals surface area contributed by atoms with E-state index in [1.165, 1.54) is 12.1 Å². The van der Waals surface area contributed by atoms with Crippen molar-refractivity contribution in [3.05, 3.63) is 41.2 Å². The molecule has 2 rings (SSSR count). The molecular weight excluding hydrogens is 451 g/mol. The quantitative estimate of drug-likeness (QED) is 0.286. The van der Waals surface area contributed by atoms with Crippen LogP contribution in [0.25, 0.3) is 0 Å². The summed E-state index contributed by atoms with van der Waals surface area (Å²) in [5.74, 6) is -0.377. The van der Waals surface area contributed by atoms with Crippen LogP contribution in [0.4, 0.5) is 13.2 Å². The predicted molar refractivity (Wildman–Crippen MR) is 123 cm³/mol. The highest BCUT2D eigenvalue weighted by Gasteiger charge is 2.33. The van der Waals surface area contributed by atoms with Crippen LogP contribution in [0.2, 0.25) is 0 Å². The molecule has 0 radical (unpaired) electrons. The normalized spacial score (nSPS) is 19.2. The first-order valence-electron chi connectivity index (χ1n) is 11.7. The van der Waals surface area contributed by atoms with Crippen LogP contribution in [0.1, 0.15) is 58.9 Å². The third-order valence-corrected chi connectivity index (χ3v) is 5.77. The molecule has 0 amide bonds. The van der Waals surface area contributed by atoms with Gasteiger partial charge in [0.25, 0.3) is 0 Å². The zero-order valence-electron chi connectivity index (χ0n) is 20.2. The molecule has 0 aliphatic heterocycles. The van der Waals surface area contributed by atoms with Crippen molar-refractivity contribution < 1.29 is 37.4 Å². The summed E-state index contributed by atoms with van der Waals surface area (Å²) in [6.07, 6.45) is -3.28. The largest absolute Gasteiger partial charge is 0.511 e. The summed E-state index contributed by atoms with van der Waals surface area (Å²) in [5.41, 5.74) is -0.231. The Morgan fingerprint density at radius 2 is 1.94 bits per heavy atom. The minimum absolute atomic E-state index is 0.0168. The van der Waals surface area contributed by atoms with Crippen LogP contribution in [-0.2, 0) is 20.5 Å². The van der Waals surface area contributed by atoms with E-state index in [0.717, 1.165) is 12.1 Å². The molecule has 0 bridgehead atoms. The van der Waals surface area contributed by atoms with Crippen LogP contribution >= 0.6 is 0 Å². The van der Waals surface area contributed by atoms with Crippen LogP contribution in [0, 0.1) is 11.8 Å². The lowest BCUT2D eigenvalue weighted by molar-refractivity contribution is -0.137. The summed E-state index contributed by atoms with van der Waals surface area (Å²) in [7, 11) is 0. The van der Waals surface area contributed by atoms with E-state index < -0.39 is 17.8 Å². The van der Waals surface area contributed by atoms with Crippen LogP contribution in [0.15, 0.2) is 40.8 Å². The van der Waals surface area contributed by atoms with Crippen molar-refractivity contribution in [2.24, 2.45) is 17.0 Å². The number of nitrogens with zero attached hydrogens (tertiary/aromatic N) is 1. The fraction of sp³-hybridized carbons (Fsp3) is 0.600. The summed E-state index contributed by atoms with van der Waals surface area (Å²) in [6, 6.07) is 4.63. The van der Waals surface area contributed by atoms with Gasteiger partial charge in [-0.3, -0.25) is 4.79 Å². The molecule has 3 unspecified atom stereocenters. The number of ketones is 1. The number of oxime groups is 1. The third kappa shape index (κ3) is 7.75. The molecule has 0 saturated carbocycles. The molecule has 0 heterocycles. The van der Waals surface area contributed by atoms with Crippen LogP contribution in [-0.4, -0.2) is 42.5 Å². The van der Waals surface area contributed by atoms with Crippen molar-refractivity contribution in [1.29, 1.82) is 0 Å². The maximum atomic E-state index is 12.9. The first-order valence-corrected chi connectivity index (χ1v) is 11.7. The minimum atomic E-state index is -4.46. The second-order valence-electron chi connectivity index (χ2n) is 8.44. The summed E-state index contributed by atoms with van der Waals surface area (Å²) in [5, 5.41) is 14.9. The van der Waals surface area contributed by atoms with Crippen molar-refractivity contribution >= 4 is 11.5 Å². The van der Waals surface area contributed by atoms with Crippen molar-refractivity contribution in [1.82, 2.24) is 0 Å². The average Bonchev–Trinajstić information content (AvgIpc) is 2.80. The molecule has 0 spiro atoms. The lowest BCUT2D eigenvalue weighted by Crippen LogP contribution is -2.30. The maximum Gasteiger partial charge on any atom is 0.416 e. The smallest absolute Gasteiger partial charge is 0.416 e. The first kappa shape index (κ1) is 27.7. The van der Waals surface area contributed by atoms with Crippen molar-refractivity contribution in [3.8, 4) is 5.75 Å². The molecule has 6 nitrogen and oxygen atoms in total. The molecule has 34 heavy (non-hydrogen) atoms. The van der Waals surface area contributed by atoms with Gasteiger partial charge in [-0.2, -0.15) is 13.2 Å². The number of carbonyl (C=O) groups excluding carboxylic acids is 1. The second kappa shape index (κ2) is 12.8. The lowest BCUT2D eigenvalue weighted by atomic mass is 9.82. The highest BCUT2D eigenvalue weighted by atomic mass is 19.4. The number of aliphatic hydroxyl groups is 1. The molecule has 1 aromatic rings. The second-order valence-corrected chi connectivity index (χ2v) is 8.44. The fourth-order valence-electron chi connectivity index (χ4n) is 3.55. The van der Waals surface area contributed by atoms with Gasteiger partial charge in [0, 0.05) is 25.4 Å². The Bertz CT molecular complexity index is 882. The van der Waals surface area contributed by atoms with Gasteiger partial charge in [0.1, 0.15) is 18.1 Å². The Hall–Kier alpha value is -2.55. The molecule has 190 valence electrons. The van der Waals surface area contributed by atoms with Crippen LogP contribution in [0.5, 0.6) is 5.75 Å². The van der Waals surface area contributed by atoms with Crippen LogP contribution in [0.3, 0.4) is 0 Å². The molecule has 0 saturated heterocycles. The van der Waals surface area contributed by atoms with E-state index in [4.69, 9.17) is 14.3 Å². The highest BCUT2D eigenvalue weighted by molar-refractivity contribution is 6.23. The fourth-order valence-corrected chi connectivity index (χ4v) is 3.55. The molecule has 0 fully saturated rings. The Kier molecular flexibility index (Phi) is 10.4. The number of hydrogen-bond acceptors (Lipinski definition) is 6. The third-order valence-electron chi connectivity index (χ3n) is 5.77. The summed E-state index contributed by atoms with van der Waals surface area (Å²) in [6.45, 7) is 8.45. The molecule has 3 atom stereocenters. The summed E-state index contributed by atoms with van der Waals surface area (Å²) < 4.78 is 49.7. The number of carbonyl (C=O) groups is 1. The zero-order chi connectivity index (χ0) is 25.3. The number of allylic oxidation sites excluding steroid dienone is 2. The standard InChI is InChI=1S/C25H34F3NO5/c1-5-16(4)24(23-21(30)11-17(12-22(23)31)14-32-7-3)29-34-19(6-2)15-33-20-10-8-9-18(13-20)25(26,27)28/h8-10,13,16-17,19,30H,5-7,11-12,14-15H2,1-4H3. The number of benzene rings is 1. The number of rotatable bonds is 12. The predicted octanol–water partition coefficient (Wildman–Crippen LogP) is 6.11. The number of aliphatic hydroxyl groups excluding tert-OH is 1. The van der Waals surface area contributed by atoms with Gasteiger partial charge in [-0.25, -0.2) is 0 Å². The molecule has 1 aliphatic carbocycles. The van der Waals surface area contributed by atoms with E-state index in [9.17, 15) is 23.1 Å². The summed E-state index contributed by atoms with van der Waals surface area (Å²) in [4.78, 5) is 18.5. The molecule has 1 N–H and O–H groups in total. The van der Waals surface area contributed by atoms with E-state index in [1.54, 1.807) is 0 Å². The average molecular weight is 486 g/mol. The van der Waals surface area contributed by atoms with E-state index >= 15 is 0 Å². The minimum Gasteiger partial charge on any atom is -0.511 e. The molecule has 0 aromatic heterocycles. The number of alkyl halides is 3. The van der Waals surface area contributed by atoms with Crippen LogP contribution < -0.4 is 4.74 Å². The molecule has 9 heteroatoms. The van der Waals surface area contributed by atoms with Gasteiger partial charge in [0.15, 0.2) is 11.9 Å². The van der Waals surface area contributed by atoms with Crippen molar-refractivity contribution in [3.63, 3.8) is 0 Å².